The van der Waals surface area contributed by atoms with Gasteiger partial charge >= 0.3 is 0 Å². The van der Waals surface area contributed by atoms with Crippen molar-refractivity contribution in [3.8, 4) is 0 Å². The molecule has 3 heteroatoms. The molecule has 0 aromatic carbocycles. The smallest absolute Gasteiger partial charge is 0.147 e. The molecule has 2 nitrogen and oxygen atoms in total. The molecule has 0 spiro atoms. The Morgan fingerprint density at radius 3 is 2.43 bits per heavy atom. The monoisotopic (exact) mass is 258 g/mol. The molecule has 0 aliphatic carbocycles. The Balaban J connectivity index is 0.000000791. The van der Waals surface area contributed by atoms with Gasteiger partial charge in [0.15, 0.2) is 0 Å². The first kappa shape index (κ1) is 13.2. The third kappa shape index (κ3) is 3.94. The normalized spacial score (nSPS) is 11.2. The van der Waals surface area contributed by atoms with Crippen LogP contribution in [0, 0.1) is 0 Å². The van der Waals surface area contributed by atoms with Crippen molar-refractivity contribution in [1.29, 1.82) is 0 Å². The van der Waals surface area contributed by atoms with Gasteiger partial charge in [0, 0.05) is 12.3 Å². The molecule has 0 unspecified atom stereocenters. The number of hydrogen-bond donors (Lipinski definition) is 1. The van der Waals surface area contributed by atoms with Crippen molar-refractivity contribution < 1.29 is 9.52 Å². The van der Waals surface area contributed by atoms with Crippen molar-refractivity contribution in [2.45, 2.75) is 13.8 Å². The highest BCUT2D eigenvalue weighted by molar-refractivity contribution is 9.15. The summed E-state index contributed by atoms with van der Waals surface area (Å²) in [5.74, 6) is 0. The third-order valence-electron chi connectivity index (χ3n) is 1.38. The Kier molecular flexibility index (Phi) is 6.25. The Hall–Kier alpha value is -0.800. The molecule has 0 fully saturated rings. The minimum Gasteiger partial charge on any atom is -0.463 e. The number of aliphatic hydroxyl groups excluding tert-OH is 1. The highest BCUT2D eigenvalue weighted by Crippen LogP contribution is 2.07. The maximum Gasteiger partial charge on any atom is 0.147 e. The summed E-state index contributed by atoms with van der Waals surface area (Å²) in [7, 11) is 1.00. The highest BCUT2D eigenvalue weighted by atomic mass is 79.9. The van der Waals surface area contributed by atoms with Gasteiger partial charge in [0.05, 0.1) is 10.7 Å². The lowest BCUT2D eigenvalue weighted by atomic mass is 10.3. The van der Waals surface area contributed by atoms with Crippen LogP contribution >= 0.6 is 15.9 Å². The lowest BCUT2D eigenvalue weighted by molar-refractivity contribution is 0.399. The van der Waals surface area contributed by atoms with E-state index in [1.165, 1.54) is 5.57 Å². The molecule has 78 valence electrons. The summed E-state index contributed by atoms with van der Waals surface area (Å²) in [5, 5.41) is 7.90. The molecule has 0 amide bonds. The summed E-state index contributed by atoms with van der Waals surface area (Å²) in [5.41, 5.74) is 2.02. The van der Waals surface area contributed by atoms with Crippen molar-refractivity contribution in [1.82, 2.24) is 0 Å². The first-order valence-corrected chi connectivity index (χ1v) is 4.92. The molecule has 0 bridgehead atoms. The van der Waals surface area contributed by atoms with E-state index in [-0.39, 0.29) is 0 Å². The molecule has 0 saturated heterocycles. The van der Waals surface area contributed by atoms with Gasteiger partial charge in [-0.15, -0.1) is 0 Å². The Morgan fingerprint density at radius 1 is 1.50 bits per heavy atom. The molecule has 0 aliphatic rings. The summed E-state index contributed by atoms with van der Waals surface area (Å²) in [6, 6.07) is 1.84. The van der Waals surface area contributed by atoms with Crippen molar-refractivity contribution in [3.05, 3.63) is 34.6 Å². The van der Waals surface area contributed by atoms with E-state index < -0.39 is 0 Å². The summed E-state index contributed by atoms with van der Waals surface area (Å²) in [6.45, 7) is 7.90. The molecular weight excluding hydrogens is 244 g/mol. The predicted octanol–water partition coefficient (Wildman–Crippen LogP) is 1.77. The number of hydrogen-bond acceptors (Lipinski definition) is 2. The number of halogens is 1. The molecule has 1 rings (SSSR count). The van der Waals surface area contributed by atoms with E-state index in [2.05, 4.69) is 22.5 Å². The van der Waals surface area contributed by atoms with Gasteiger partial charge in [-0.1, -0.05) is 12.2 Å². The Morgan fingerprint density at radius 2 is 2.07 bits per heavy atom. The molecule has 0 atom stereocenters. The largest absolute Gasteiger partial charge is 0.463 e. The predicted molar refractivity (Wildman–Crippen MR) is 63.4 cm³/mol. The SMILES string of the molecule is C=c1cco/c1=C(\Br)C=C(C)C.CO. The first-order chi connectivity index (χ1) is 6.61. The molecule has 1 N–H and O–H groups in total. The second kappa shape index (κ2) is 6.62. The van der Waals surface area contributed by atoms with E-state index in [1.54, 1.807) is 6.26 Å². The topological polar surface area (TPSA) is 33.4 Å². The van der Waals surface area contributed by atoms with E-state index in [9.17, 15) is 0 Å². The van der Waals surface area contributed by atoms with Crippen LogP contribution < -0.4 is 10.6 Å². The fourth-order valence-electron chi connectivity index (χ4n) is 0.864. The van der Waals surface area contributed by atoms with Crippen LogP contribution in [-0.4, -0.2) is 12.2 Å². The zero-order valence-electron chi connectivity index (χ0n) is 8.67. The van der Waals surface area contributed by atoms with E-state index >= 15 is 0 Å². The van der Waals surface area contributed by atoms with E-state index in [1.807, 2.05) is 26.0 Å². The molecule has 1 heterocycles. The van der Waals surface area contributed by atoms with Crippen LogP contribution in [0.25, 0.3) is 11.1 Å². The quantitative estimate of drug-likeness (QED) is 0.833. The van der Waals surface area contributed by atoms with Gasteiger partial charge < -0.3 is 9.52 Å². The summed E-state index contributed by atoms with van der Waals surface area (Å²) < 4.78 is 6.18. The van der Waals surface area contributed by atoms with Crippen molar-refractivity contribution in [2.24, 2.45) is 0 Å². The Labute approximate surface area is 92.4 Å². The lowest BCUT2D eigenvalue weighted by Gasteiger charge is -1.88. The van der Waals surface area contributed by atoms with Crippen LogP contribution in [0.2, 0.25) is 0 Å². The van der Waals surface area contributed by atoms with Gasteiger partial charge in [-0.3, -0.25) is 0 Å². The Bertz CT molecular complexity index is 397. The van der Waals surface area contributed by atoms with Gasteiger partial charge in [0.25, 0.3) is 0 Å². The first-order valence-electron chi connectivity index (χ1n) is 4.13. The number of allylic oxidation sites excluding steroid dienone is 2. The van der Waals surface area contributed by atoms with Crippen LogP contribution in [-0.2, 0) is 0 Å². The minimum absolute atomic E-state index is 0.802. The van der Waals surface area contributed by atoms with E-state index in [0.717, 1.165) is 22.2 Å². The molecule has 14 heavy (non-hydrogen) atoms. The maximum atomic E-state index is 7.00. The molecule has 1 aromatic heterocycles. The fourth-order valence-corrected chi connectivity index (χ4v) is 1.67. The van der Waals surface area contributed by atoms with E-state index in [0.29, 0.717) is 0 Å². The average Bonchev–Trinajstić information content (AvgIpc) is 2.54. The van der Waals surface area contributed by atoms with Crippen molar-refractivity contribution in [2.75, 3.05) is 7.11 Å². The van der Waals surface area contributed by atoms with Gasteiger partial charge in [0.1, 0.15) is 5.42 Å². The molecule has 1 aromatic rings. The fraction of sp³-hybridized carbons (Fsp3) is 0.273. The second-order valence-corrected chi connectivity index (χ2v) is 3.70. The summed E-state index contributed by atoms with van der Waals surface area (Å²) >= 11 is 3.42. The van der Waals surface area contributed by atoms with Gasteiger partial charge in [-0.25, -0.2) is 0 Å². The van der Waals surface area contributed by atoms with Gasteiger partial charge in [-0.05, 0) is 41.9 Å². The standard InChI is InChI=1S/C10H11BrO.CH4O/c1-7(2)6-9(11)10-8(3)4-5-12-10;1-2/h4-6H,3H2,1-2H3;2H,1H3/b10-9-;. The molecular formula is C11H15BrO2. The van der Waals surface area contributed by atoms with Crippen LogP contribution in [0.15, 0.2) is 28.4 Å². The maximum absolute atomic E-state index is 7.00. The van der Waals surface area contributed by atoms with Crippen molar-refractivity contribution in [3.63, 3.8) is 0 Å². The lowest BCUT2D eigenvalue weighted by Crippen LogP contribution is -2.18. The van der Waals surface area contributed by atoms with Crippen LogP contribution in [0.3, 0.4) is 0 Å². The average molecular weight is 259 g/mol. The van der Waals surface area contributed by atoms with Crippen LogP contribution in [0.1, 0.15) is 13.8 Å². The van der Waals surface area contributed by atoms with Gasteiger partial charge in [0.2, 0.25) is 0 Å². The zero-order chi connectivity index (χ0) is 11.1. The zero-order valence-corrected chi connectivity index (χ0v) is 10.3. The summed E-state index contributed by atoms with van der Waals surface area (Å²) in [6.07, 6.45) is 3.64. The number of furan rings is 1. The van der Waals surface area contributed by atoms with E-state index in [4.69, 9.17) is 9.52 Å². The van der Waals surface area contributed by atoms with Crippen molar-refractivity contribution >= 4 is 27.0 Å². The molecule has 0 saturated carbocycles. The highest BCUT2D eigenvalue weighted by Gasteiger charge is 1.92. The van der Waals surface area contributed by atoms with Crippen LogP contribution in [0.5, 0.6) is 0 Å². The third-order valence-corrected chi connectivity index (χ3v) is 1.97. The number of aliphatic hydroxyl groups is 1. The second-order valence-electron chi connectivity index (χ2n) is 2.84. The molecule has 0 radical (unpaired) electrons. The summed E-state index contributed by atoms with van der Waals surface area (Å²) in [4.78, 5) is 0. The number of rotatable bonds is 1. The molecule has 0 aliphatic heterocycles. The minimum atomic E-state index is 0.802. The van der Waals surface area contributed by atoms with Gasteiger partial charge in [-0.2, -0.15) is 0 Å². The van der Waals surface area contributed by atoms with Crippen LogP contribution in [0.4, 0.5) is 0 Å².